The normalized spacial score (nSPS) is 33.4. The summed E-state index contributed by atoms with van der Waals surface area (Å²) in [5.74, 6) is 0.646. The van der Waals surface area contributed by atoms with Crippen LogP contribution in [-0.2, 0) is 4.74 Å². The molecule has 1 saturated carbocycles. The quantitative estimate of drug-likeness (QED) is 0.908. The van der Waals surface area contributed by atoms with Gasteiger partial charge < -0.3 is 10.1 Å². The molecular formula is C14H19BrN2O. The van der Waals surface area contributed by atoms with Crippen molar-refractivity contribution in [2.45, 2.75) is 38.8 Å². The molecule has 1 aliphatic carbocycles. The third kappa shape index (κ3) is 1.95. The van der Waals surface area contributed by atoms with Crippen molar-refractivity contribution in [3.8, 4) is 0 Å². The Morgan fingerprint density at radius 3 is 3.06 bits per heavy atom. The first-order valence-corrected chi connectivity index (χ1v) is 7.37. The van der Waals surface area contributed by atoms with E-state index < -0.39 is 0 Å². The number of aromatic nitrogens is 1. The van der Waals surface area contributed by atoms with E-state index in [4.69, 9.17) is 4.74 Å². The van der Waals surface area contributed by atoms with E-state index in [9.17, 15) is 0 Å². The fourth-order valence-electron chi connectivity index (χ4n) is 3.49. The van der Waals surface area contributed by atoms with E-state index in [1.807, 2.05) is 12.4 Å². The Kier molecular flexibility index (Phi) is 3.10. The van der Waals surface area contributed by atoms with Crippen molar-refractivity contribution in [3.05, 3.63) is 22.9 Å². The summed E-state index contributed by atoms with van der Waals surface area (Å²) < 4.78 is 6.93. The van der Waals surface area contributed by atoms with E-state index in [1.54, 1.807) is 0 Å². The van der Waals surface area contributed by atoms with Gasteiger partial charge in [-0.3, -0.25) is 4.98 Å². The zero-order valence-electron chi connectivity index (χ0n) is 10.8. The third-order valence-corrected chi connectivity index (χ3v) is 4.79. The zero-order chi connectivity index (χ0) is 12.8. The van der Waals surface area contributed by atoms with Crippen molar-refractivity contribution < 1.29 is 4.74 Å². The maximum Gasteiger partial charge on any atom is 0.0693 e. The molecule has 4 heteroatoms. The van der Waals surface area contributed by atoms with E-state index >= 15 is 0 Å². The van der Waals surface area contributed by atoms with Crippen LogP contribution in [0.2, 0.25) is 0 Å². The molecule has 1 aromatic rings. The molecule has 3 atom stereocenters. The van der Waals surface area contributed by atoms with E-state index in [0.29, 0.717) is 18.1 Å². The van der Waals surface area contributed by atoms with Gasteiger partial charge in [-0.05, 0) is 34.8 Å². The lowest BCUT2D eigenvalue weighted by molar-refractivity contribution is -0.177. The van der Waals surface area contributed by atoms with Crippen LogP contribution < -0.4 is 5.32 Å². The van der Waals surface area contributed by atoms with Crippen molar-refractivity contribution in [3.63, 3.8) is 0 Å². The van der Waals surface area contributed by atoms with E-state index in [1.165, 1.54) is 12.8 Å². The number of ether oxygens (including phenoxy) is 1. The van der Waals surface area contributed by atoms with E-state index in [0.717, 1.165) is 16.8 Å². The minimum absolute atomic E-state index is 0.202. The summed E-state index contributed by atoms with van der Waals surface area (Å²) in [5.41, 5.74) is 1.29. The van der Waals surface area contributed by atoms with Crippen molar-refractivity contribution in [2.75, 3.05) is 11.9 Å². The number of anilines is 1. The Balaban J connectivity index is 1.76. The number of fused-ring (bicyclic) bond motifs is 1. The highest BCUT2D eigenvalue weighted by atomic mass is 79.9. The van der Waals surface area contributed by atoms with Gasteiger partial charge in [-0.15, -0.1) is 0 Å². The largest absolute Gasteiger partial charge is 0.380 e. The van der Waals surface area contributed by atoms with Gasteiger partial charge in [0.15, 0.2) is 0 Å². The molecule has 3 nitrogen and oxygen atoms in total. The second-order valence-electron chi connectivity index (χ2n) is 5.93. The highest BCUT2D eigenvalue weighted by Gasteiger charge is 2.57. The van der Waals surface area contributed by atoms with Gasteiger partial charge in [0.05, 0.1) is 18.0 Å². The van der Waals surface area contributed by atoms with Gasteiger partial charge in [-0.2, -0.15) is 0 Å². The number of hydrogen-bond acceptors (Lipinski definition) is 3. The van der Waals surface area contributed by atoms with Crippen LogP contribution in [0, 0.1) is 11.3 Å². The second-order valence-corrected chi connectivity index (χ2v) is 6.85. The van der Waals surface area contributed by atoms with Crippen LogP contribution in [0.4, 0.5) is 5.69 Å². The first-order valence-electron chi connectivity index (χ1n) is 6.58. The maximum absolute atomic E-state index is 5.92. The SMILES string of the molecule is CC1(C)C(Nc2cncc(Br)c2)C2CCCOC21. The van der Waals surface area contributed by atoms with Crippen LogP contribution >= 0.6 is 15.9 Å². The van der Waals surface area contributed by atoms with Gasteiger partial charge in [0.2, 0.25) is 0 Å². The lowest BCUT2D eigenvalue weighted by atomic mass is 9.55. The van der Waals surface area contributed by atoms with Crippen LogP contribution in [0.5, 0.6) is 0 Å². The van der Waals surface area contributed by atoms with Crippen LogP contribution in [0.3, 0.4) is 0 Å². The zero-order valence-corrected chi connectivity index (χ0v) is 12.4. The Morgan fingerprint density at radius 1 is 1.44 bits per heavy atom. The highest BCUT2D eigenvalue weighted by Crippen LogP contribution is 2.52. The molecular weight excluding hydrogens is 292 g/mol. The van der Waals surface area contributed by atoms with Gasteiger partial charge in [-0.25, -0.2) is 0 Å². The molecule has 1 N–H and O–H groups in total. The number of rotatable bonds is 2. The number of hydrogen-bond donors (Lipinski definition) is 1. The Labute approximate surface area is 116 Å². The van der Waals surface area contributed by atoms with Crippen molar-refractivity contribution in [2.24, 2.45) is 11.3 Å². The lowest BCUT2D eigenvalue weighted by Crippen LogP contribution is -2.67. The molecule has 18 heavy (non-hydrogen) atoms. The molecule has 2 fully saturated rings. The minimum atomic E-state index is 0.202. The summed E-state index contributed by atoms with van der Waals surface area (Å²) in [4.78, 5) is 4.21. The molecule has 1 aliphatic heterocycles. The van der Waals surface area contributed by atoms with Gasteiger partial charge in [0.25, 0.3) is 0 Å². The summed E-state index contributed by atoms with van der Waals surface area (Å²) in [5, 5.41) is 3.64. The molecule has 0 amide bonds. The van der Waals surface area contributed by atoms with E-state index in [2.05, 4.69) is 46.1 Å². The third-order valence-electron chi connectivity index (χ3n) is 4.36. The molecule has 0 radical (unpaired) electrons. The van der Waals surface area contributed by atoms with Crippen molar-refractivity contribution >= 4 is 21.6 Å². The molecule has 3 rings (SSSR count). The predicted octanol–water partition coefficient (Wildman–Crippen LogP) is 3.46. The Hall–Kier alpha value is -0.610. The predicted molar refractivity (Wildman–Crippen MR) is 75.6 cm³/mol. The Morgan fingerprint density at radius 2 is 2.28 bits per heavy atom. The summed E-state index contributed by atoms with van der Waals surface area (Å²) in [6.07, 6.45) is 6.57. The molecule has 0 spiro atoms. The smallest absolute Gasteiger partial charge is 0.0693 e. The van der Waals surface area contributed by atoms with Crippen LogP contribution in [-0.4, -0.2) is 23.7 Å². The van der Waals surface area contributed by atoms with Crippen molar-refractivity contribution in [1.29, 1.82) is 0 Å². The average Bonchev–Trinajstić information content (AvgIpc) is 2.36. The monoisotopic (exact) mass is 310 g/mol. The van der Waals surface area contributed by atoms with Crippen LogP contribution in [0.1, 0.15) is 26.7 Å². The van der Waals surface area contributed by atoms with E-state index in [-0.39, 0.29) is 5.41 Å². The van der Waals surface area contributed by atoms with Gasteiger partial charge in [-0.1, -0.05) is 13.8 Å². The molecule has 3 unspecified atom stereocenters. The molecule has 2 heterocycles. The Bertz CT molecular complexity index is 449. The standard InChI is InChI=1S/C14H19BrN2O/c1-14(2)12(11-4-3-5-18-13(11)14)17-10-6-9(15)7-16-8-10/h6-8,11-13,17H,3-5H2,1-2H3. The second kappa shape index (κ2) is 4.49. The van der Waals surface area contributed by atoms with Crippen molar-refractivity contribution in [1.82, 2.24) is 4.98 Å². The number of nitrogens with one attached hydrogen (secondary N) is 1. The molecule has 98 valence electrons. The summed E-state index contributed by atoms with van der Waals surface area (Å²) in [6, 6.07) is 2.57. The molecule has 1 aromatic heterocycles. The number of nitrogens with zero attached hydrogens (tertiary/aromatic N) is 1. The first kappa shape index (κ1) is 12.4. The summed E-state index contributed by atoms with van der Waals surface area (Å²) in [6.45, 7) is 5.51. The summed E-state index contributed by atoms with van der Waals surface area (Å²) >= 11 is 3.46. The van der Waals surface area contributed by atoms with Gasteiger partial charge >= 0.3 is 0 Å². The summed E-state index contributed by atoms with van der Waals surface area (Å²) in [7, 11) is 0. The molecule has 0 bridgehead atoms. The van der Waals surface area contributed by atoms with Gasteiger partial charge in [0, 0.05) is 34.7 Å². The average molecular weight is 311 g/mol. The molecule has 2 aliphatic rings. The maximum atomic E-state index is 5.92. The first-order chi connectivity index (χ1) is 8.59. The molecule has 1 saturated heterocycles. The van der Waals surface area contributed by atoms with Crippen LogP contribution in [0.25, 0.3) is 0 Å². The molecule has 0 aromatic carbocycles. The number of halogens is 1. The van der Waals surface area contributed by atoms with Crippen LogP contribution in [0.15, 0.2) is 22.9 Å². The highest BCUT2D eigenvalue weighted by molar-refractivity contribution is 9.10. The van der Waals surface area contributed by atoms with Gasteiger partial charge in [0.1, 0.15) is 0 Å². The lowest BCUT2D eigenvalue weighted by Gasteiger charge is -2.60. The minimum Gasteiger partial charge on any atom is -0.380 e. The fourth-order valence-corrected chi connectivity index (χ4v) is 3.85. The fraction of sp³-hybridized carbons (Fsp3) is 0.643. The number of pyridine rings is 1. The topological polar surface area (TPSA) is 34.2 Å².